The van der Waals surface area contributed by atoms with Gasteiger partial charge in [-0.25, -0.2) is 8.42 Å². The third-order valence-corrected chi connectivity index (χ3v) is 6.63. The van der Waals surface area contributed by atoms with Gasteiger partial charge in [-0.2, -0.15) is 30.7 Å². The summed E-state index contributed by atoms with van der Waals surface area (Å²) in [5.74, 6) is -6.92. The molecule has 0 unspecified atom stereocenters. The van der Waals surface area contributed by atoms with Crippen molar-refractivity contribution in [2.24, 2.45) is 0 Å². The van der Waals surface area contributed by atoms with Crippen LogP contribution in [0.2, 0.25) is 0 Å². The van der Waals surface area contributed by atoms with Crippen molar-refractivity contribution in [2.75, 3.05) is 0 Å². The molecule has 0 spiro atoms. The number of nitrogens with zero attached hydrogens (tertiary/aromatic N) is 1. The number of nitro benzene ring substituents is 1. The average molecular weight is 589 g/mol. The molecule has 2 rings (SSSR count). The molecule has 0 aliphatic rings. The monoisotopic (exact) mass is 587 g/mol. The number of hydrogen-bond acceptors (Lipinski definition) is 4. The van der Waals surface area contributed by atoms with Crippen LogP contribution in [0.25, 0.3) is 11.1 Å². The Morgan fingerprint density at radius 3 is 2.00 bits per heavy atom. The van der Waals surface area contributed by atoms with E-state index in [9.17, 15) is 49.3 Å². The third-order valence-electron chi connectivity index (χ3n) is 3.71. The minimum atomic E-state index is -6.92. The fourth-order valence-electron chi connectivity index (χ4n) is 2.29. The van der Waals surface area contributed by atoms with Gasteiger partial charge in [-0.1, -0.05) is 44.0 Å². The van der Waals surface area contributed by atoms with Crippen LogP contribution in [0.15, 0.2) is 50.2 Å². The molecular weight excluding hydrogens is 583 g/mol. The maximum atomic E-state index is 14.1. The van der Waals surface area contributed by atoms with Gasteiger partial charge in [0.1, 0.15) is 0 Å². The number of rotatable bonds is 5. The van der Waals surface area contributed by atoms with E-state index in [0.717, 1.165) is 30.3 Å². The molecule has 30 heavy (non-hydrogen) atoms. The summed E-state index contributed by atoms with van der Waals surface area (Å²) in [6, 6.07) is 5.27. The molecule has 0 aliphatic carbocycles. The first-order valence-electron chi connectivity index (χ1n) is 7.26. The molecule has 0 saturated heterocycles. The standard InChI is InChI=1S/C15H6Br2F7NO4S/c16-8-5-10(17)12(7-2-1-3-9(4-7)25(26)27)11(6-8)30(28,29)15(23,24)13(18,19)14(20,21)22/h1-6H. The number of alkyl halides is 7. The molecule has 0 atom stereocenters. The Balaban J connectivity index is 2.89. The molecule has 0 fully saturated rings. The Morgan fingerprint density at radius 2 is 1.50 bits per heavy atom. The van der Waals surface area contributed by atoms with Gasteiger partial charge in [0.05, 0.1) is 9.82 Å². The number of halogens is 9. The van der Waals surface area contributed by atoms with Crippen molar-refractivity contribution in [1.82, 2.24) is 0 Å². The number of benzene rings is 2. The molecule has 0 bridgehead atoms. The molecule has 15 heteroatoms. The van der Waals surface area contributed by atoms with Crippen LogP contribution in [-0.2, 0) is 9.84 Å². The van der Waals surface area contributed by atoms with Gasteiger partial charge in [0.2, 0.25) is 0 Å². The normalized spacial score (nSPS) is 13.4. The summed E-state index contributed by atoms with van der Waals surface area (Å²) in [7, 11) is -6.67. The first kappa shape index (κ1) is 24.5. The lowest BCUT2D eigenvalue weighted by molar-refractivity contribution is -0.384. The summed E-state index contributed by atoms with van der Waals surface area (Å²) in [5, 5.41) is 4.34. The van der Waals surface area contributed by atoms with Crippen molar-refractivity contribution in [1.29, 1.82) is 0 Å². The zero-order valence-corrected chi connectivity index (χ0v) is 17.8. The van der Waals surface area contributed by atoms with E-state index in [0.29, 0.717) is 6.07 Å². The zero-order chi connectivity index (χ0) is 23.3. The van der Waals surface area contributed by atoms with Crippen LogP contribution in [0.4, 0.5) is 36.4 Å². The Bertz CT molecular complexity index is 1120. The maximum Gasteiger partial charge on any atom is 0.461 e. The quantitative estimate of drug-likeness (QED) is 0.232. The van der Waals surface area contributed by atoms with Crippen LogP contribution in [0.3, 0.4) is 0 Å². The Morgan fingerprint density at radius 1 is 0.933 bits per heavy atom. The van der Waals surface area contributed by atoms with Crippen LogP contribution in [0.5, 0.6) is 0 Å². The predicted octanol–water partition coefficient (Wildman–Crippen LogP) is 6.35. The second kappa shape index (κ2) is 7.75. The molecule has 164 valence electrons. The molecule has 0 radical (unpaired) electrons. The summed E-state index contributed by atoms with van der Waals surface area (Å²) < 4.78 is 117. The van der Waals surface area contributed by atoms with Crippen LogP contribution in [0.1, 0.15) is 0 Å². The molecule has 0 N–H and O–H groups in total. The van der Waals surface area contributed by atoms with Crippen LogP contribution in [-0.4, -0.2) is 30.7 Å². The van der Waals surface area contributed by atoms with Gasteiger partial charge in [0.25, 0.3) is 15.5 Å². The molecule has 0 amide bonds. The summed E-state index contributed by atoms with van der Waals surface area (Å²) in [4.78, 5) is 8.43. The number of sulfone groups is 1. The van der Waals surface area contributed by atoms with Crippen molar-refractivity contribution in [3.63, 3.8) is 0 Å². The van der Waals surface area contributed by atoms with E-state index in [1.807, 2.05) is 0 Å². The highest BCUT2D eigenvalue weighted by atomic mass is 79.9. The maximum absolute atomic E-state index is 14.1. The highest BCUT2D eigenvalue weighted by Gasteiger charge is 2.78. The SMILES string of the molecule is O=[N+]([O-])c1cccc(-c2c(Br)cc(Br)cc2S(=O)(=O)C(F)(F)C(F)(F)C(F)(F)F)c1. The minimum absolute atomic E-state index is 0.256. The first-order valence-corrected chi connectivity index (χ1v) is 10.3. The molecule has 0 heterocycles. The molecule has 2 aromatic rings. The number of non-ortho nitro benzene ring substituents is 1. The first-order chi connectivity index (χ1) is 13.4. The fourth-order valence-corrected chi connectivity index (χ4v) is 5.53. The predicted molar refractivity (Wildman–Crippen MR) is 97.1 cm³/mol. The van der Waals surface area contributed by atoms with Crippen LogP contribution >= 0.6 is 31.9 Å². The van der Waals surface area contributed by atoms with E-state index in [4.69, 9.17) is 0 Å². The molecule has 2 aromatic carbocycles. The van der Waals surface area contributed by atoms with Crippen LogP contribution in [0, 0.1) is 10.1 Å². The third kappa shape index (κ3) is 3.93. The van der Waals surface area contributed by atoms with E-state index in [1.54, 1.807) is 0 Å². The Kier molecular flexibility index (Phi) is 6.33. The molecule has 0 aromatic heterocycles. The number of nitro groups is 1. The summed E-state index contributed by atoms with van der Waals surface area (Å²) in [6.07, 6.45) is -6.88. The van der Waals surface area contributed by atoms with Gasteiger partial charge in [0.15, 0.2) is 0 Å². The van der Waals surface area contributed by atoms with Gasteiger partial charge in [-0.3, -0.25) is 10.1 Å². The highest BCUT2D eigenvalue weighted by Crippen LogP contribution is 2.52. The molecule has 0 aliphatic heterocycles. The van der Waals surface area contributed by atoms with E-state index < -0.39 is 53.8 Å². The van der Waals surface area contributed by atoms with Gasteiger partial charge in [0, 0.05) is 26.6 Å². The van der Waals surface area contributed by atoms with Gasteiger partial charge in [-0.05, 0) is 17.7 Å². The lowest BCUT2D eigenvalue weighted by Gasteiger charge is -2.28. The molecular formula is C15H6Br2F7NO4S. The van der Waals surface area contributed by atoms with E-state index >= 15 is 0 Å². The molecule has 0 saturated carbocycles. The summed E-state index contributed by atoms with van der Waals surface area (Å²) in [5.41, 5.74) is -1.77. The van der Waals surface area contributed by atoms with Gasteiger partial charge < -0.3 is 0 Å². The Hall–Kier alpha value is -1.74. The van der Waals surface area contributed by atoms with E-state index in [2.05, 4.69) is 31.9 Å². The lowest BCUT2D eigenvalue weighted by atomic mass is 10.1. The summed E-state index contributed by atoms with van der Waals surface area (Å²) in [6.45, 7) is 0. The smallest absolute Gasteiger partial charge is 0.258 e. The van der Waals surface area contributed by atoms with Crippen molar-refractivity contribution in [3.05, 3.63) is 55.5 Å². The fraction of sp³-hybridized carbons (Fsp3) is 0.200. The Labute approximate surface area is 180 Å². The molecule has 5 nitrogen and oxygen atoms in total. The highest BCUT2D eigenvalue weighted by molar-refractivity contribution is 9.11. The van der Waals surface area contributed by atoms with E-state index in [-0.39, 0.29) is 8.95 Å². The van der Waals surface area contributed by atoms with Gasteiger partial charge >= 0.3 is 17.4 Å². The largest absolute Gasteiger partial charge is 0.461 e. The van der Waals surface area contributed by atoms with Gasteiger partial charge in [-0.15, -0.1) is 0 Å². The topological polar surface area (TPSA) is 77.3 Å². The second-order valence-corrected chi connectivity index (χ2v) is 9.39. The minimum Gasteiger partial charge on any atom is -0.258 e. The van der Waals surface area contributed by atoms with Crippen molar-refractivity contribution in [3.8, 4) is 11.1 Å². The lowest BCUT2D eigenvalue weighted by Crippen LogP contribution is -2.56. The van der Waals surface area contributed by atoms with Crippen molar-refractivity contribution < 1.29 is 44.1 Å². The van der Waals surface area contributed by atoms with Crippen LogP contribution < -0.4 is 0 Å². The number of hydrogen-bond donors (Lipinski definition) is 0. The average Bonchev–Trinajstić information content (AvgIpc) is 2.59. The van der Waals surface area contributed by atoms with E-state index in [1.165, 1.54) is 0 Å². The van der Waals surface area contributed by atoms with Crippen molar-refractivity contribution >= 4 is 47.4 Å². The zero-order valence-electron chi connectivity index (χ0n) is 13.9. The summed E-state index contributed by atoms with van der Waals surface area (Å²) >= 11 is 5.58. The van der Waals surface area contributed by atoms with Crippen molar-refractivity contribution in [2.45, 2.75) is 22.2 Å². The second-order valence-electron chi connectivity index (χ2n) is 5.66.